The Morgan fingerprint density at radius 3 is 2.50 bits per heavy atom. The van der Waals surface area contributed by atoms with E-state index in [0.717, 1.165) is 5.56 Å². The van der Waals surface area contributed by atoms with Crippen molar-refractivity contribution in [3.05, 3.63) is 74.4 Å². The van der Waals surface area contributed by atoms with Gasteiger partial charge in [0.15, 0.2) is 5.78 Å². The molecule has 22 heavy (non-hydrogen) atoms. The summed E-state index contributed by atoms with van der Waals surface area (Å²) in [6, 6.07) is 9.36. The van der Waals surface area contributed by atoms with E-state index in [2.05, 4.69) is 0 Å². The molecule has 2 rings (SSSR count). The van der Waals surface area contributed by atoms with Crippen LogP contribution in [0.1, 0.15) is 35.2 Å². The van der Waals surface area contributed by atoms with Gasteiger partial charge in [0.2, 0.25) is 5.88 Å². The normalized spacial score (nSPS) is 12.4. The number of allylic oxidation sites excluding steroid dienone is 2. The number of Topliss-reactive ketones (excluding diaryl/α,β-unsaturated/α-hetero) is 1. The number of nitrogens with one attached hydrogen (secondary N) is 2. The number of carbonyl (C=O) groups is 1. The van der Waals surface area contributed by atoms with Crippen molar-refractivity contribution in [2.24, 2.45) is 0 Å². The number of aromatic nitrogens is 2. The van der Waals surface area contributed by atoms with E-state index in [4.69, 9.17) is 0 Å². The summed E-state index contributed by atoms with van der Waals surface area (Å²) >= 11 is 0. The summed E-state index contributed by atoms with van der Waals surface area (Å²) in [6.07, 6.45) is 3.68. The van der Waals surface area contributed by atoms with Crippen molar-refractivity contribution in [3.8, 4) is 5.88 Å². The predicted molar refractivity (Wildman–Crippen MR) is 82.3 cm³/mol. The lowest BCUT2D eigenvalue weighted by Gasteiger charge is -2.12. The fraction of sp³-hybridized carbons (Fsp3) is 0.188. The largest absolute Gasteiger partial charge is 0.494 e. The minimum Gasteiger partial charge on any atom is -0.494 e. The predicted octanol–water partition coefficient (Wildman–Crippen LogP) is 1.70. The summed E-state index contributed by atoms with van der Waals surface area (Å²) in [5.74, 6) is -1.46. The van der Waals surface area contributed by atoms with Gasteiger partial charge in [-0.25, -0.2) is 4.79 Å². The van der Waals surface area contributed by atoms with E-state index >= 15 is 0 Å². The van der Waals surface area contributed by atoms with Gasteiger partial charge in [-0.3, -0.25) is 19.6 Å². The molecule has 0 amide bonds. The molecule has 1 atom stereocenters. The van der Waals surface area contributed by atoms with Gasteiger partial charge in [0.1, 0.15) is 5.56 Å². The van der Waals surface area contributed by atoms with Gasteiger partial charge in [0.25, 0.3) is 5.56 Å². The van der Waals surface area contributed by atoms with Crippen LogP contribution in [0.15, 0.2) is 52.1 Å². The fourth-order valence-corrected chi connectivity index (χ4v) is 2.26. The SMILES string of the molecule is CC=CC(CC(=O)c1c(O)[nH]c(=O)[nH]c1=O)c1ccccc1. The number of ketones is 1. The van der Waals surface area contributed by atoms with Gasteiger partial charge >= 0.3 is 5.69 Å². The highest BCUT2D eigenvalue weighted by molar-refractivity contribution is 5.98. The topological polar surface area (TPSA) is 103 Å². The number of hydrogen-bond donors (Lipinski definition) is 3. The Labute approximate surface area is 126 Å². The maximum atomic E-state index is 12.3. The molecule has 1 aromatic heterocycles. The number of carbonyl (C=O) groups excluding carboxylic acids is 1. The number of aromatic hydroxyl groups is 1. The molecule has 1 aromatic carbocycles. The van der Waals surface area contributed by atoms with Crippen LogP contribution in [-0.2, 0) is 0 Å². The molecule has 0 aliphatic carbocycles. The molecule has 6 heteroatoms. The Bertz CT molecular complexity index is 803. The zero-order chi connectivity index (χ0) is 16.1. The van der Waals surface area contributed by atoms with Crippen LogP contribution < -0.4 is 11.2 Å². The molecular weight excluding hydrogens is 284 g/mol. The number of H-pyrrole nitrogens is 2. The Balaban J connectivity index is 2.34. The van der Waals surface area contributed by atoms with E-state index in [9.17, 15) is 19.5 Å². The molecule has 0 radical (unpaired) electrons. The van der Waals surface area contributed by atoms with E-state index < -0.39 is 28.5 Å². The van der Waals surface area contributed by atoms with Gasteiger partial charge in [-0.2, -0.15) is 0 Å². The molecule has 0 saturated heterocycles. The van der Waals surface area contributed by atoms with E-state index in [1.165, 1.54) is 0 Å². The number of aromatic amines is 2. The van der Waals surface area contributed by atoms with Gasteiger partial charge in [-0.1, -0.05) is 42.5 Å². The van der Waals surface area contributed by atoms with Crippen molar-refractivity contribution in [2.75, 3.05) is 0 Å². The molecule has 2 aromatic rings. The molecule has 3 N–H and O–H groups in total. The quantitative estimate of drug-likeness (QED) is 0.577. The number of hydrogen-bond acceptors (Lipinski definition) is 4. The molecule has 1 heterocycles. The van der Waals surface area contributed by atoms with E-state index in [1.54, 1.807) is 0 Å². The van der Waals surface area contributed by atoms with Crippen LogP contribution in [0, 0.1) is 0 Å². The van der Waals surface area contributed by atoms with E-state index in [1.807, 2.05) is 59.4 Å². The second-order valence-corrected chi connectivity index (χ2v) is 4.80. The fourth-order valence-electron chi connectivity index (χ4n) is 2.26. The first-order chi connectivity index (χ1) is 10.5. The van der Waals surface area contributed by atoms with Crippen LogP contribution in [0.2, 0.25) is 0 Å². The van der Waals surface area contributed by atoms with Crippen molar-refractivity contribution in [2.45, 2.75) is 19.3 Å². The first-order valence-corrected chi connectivity index (χ1v) is 6.79. The molecule has 114 valence electrons. The summed E-state index contributed by atoms with van der Waals surface area (Å²) in [4.78, 5) is 39.0. The standard InChI is InChI=1S/C16H16N2O4/c1-2-6-11(10-7-4-3-5-8-10)9-12(19)13-14(20)17-16(22)18-15(13)21/h2-8,11H,9H2,1H3,(H3,17,18,20,21,22). The monoisotopic (exact) mass is 300 g/mol. The molecule has 1 unspecified atom stereocenters. The number of rotatable bonds is 5. The number of benzene rings is 1. The minimum atomic E-state index is -0.890. The lowest BCUT2D eigenvalue weighted by molar-refractivity contribution is 0.0973. The lowest BCUT2D eigenvalue weighted by Crippen LogP contribution is -2.28. The molecule has 0 bridgehead atoms. The van der Waals surface area contributed by atoms with Crippen molar-refractivity contribution >= 4 is 5.78 Å². The van der Waals surface area contributed by atoms with Crippen LogP contribution in [0.5, 0.6) is 5.88 Å². The van der Waals surface area contributed by atoms with E-state index in [0.29, 0.717) is 0 Å². The molecular formula is C16H16N2O4. The third-order valence-corrected chi connectivity index (χ3v) is 3.26. The second-order valence-electron chi connectivity index (χ2n) is 4.80. The van der Waals surface area contributed by atoms with Crippen LogP contribution in [-0.4, -0.2) is 20.9 Å². The third kappa shape index (κ3) is 3.41. The second kappa shape index (κ2) is 6.71. The molecule has 0 aliphatic rings. The summed E-state index contributed by atoms with van der Waals surface area (Å²) in [7, 11) is 0. The first kappa shape index (κ1) is 15.5. The Kier molecular flexibility index (Phi) is 4.73. The Morgan fingerprint density at radius 1 is 1.23 bits per heavy atom. The Hall–Kier alpha value is -2.89. The maximum Gasteiger partial charge on any atom is 0.328 e. The molecule has 0 fully saturated rings. The highest BCUT2D eigenvalue weighted by Crippen LogP contribution is 2.23. The summed E-state index contributed by atoms with van der Waals surface area (Å²) in [5, 5.41) is 9.64. The average Bonchev–Trinajstić information content (AvgIpc) is 2.46. The van der Waals surface area contributed by atoms with Crippen LogP contribution >= 0.6 is 0 Å². The van der Waals surface area contributed by atoms with Crippen LogP contribution in [0.4, 0.5) is 0 Å². The highest BCUT2D eigenvalue weighted by atomic mass is 16.3. The zero-order valence-electron chi connectivity index (χ0n) is 12.0. The van der Waals surface area contributed by atoms with Crippen molar-refractivity contribution in [1.29, 1.82) is 0 Å². The molecule has 0 aliphatic heterocycles. The molecule has 0 spiro atoms. The van der Waals surface area contributed by atoms with Gasteiger partial charge in [0, 0.05) is 12.3 Å². The van der Waals surface area contributed by atoms with Gasteiger partial charge in [-0.15, -0.1) is 0 Å². The first-order valence-electron chi connectivity index (χ1n) is 6.79. The van der Waals surface area contributed by atoms with Gasteiger partial charge in [-0.05, 0) is 12.5 Å². The third-order valence-electron chi connectivity index (χ3n) is 3.26. The van der Waals surface area contributed by atoms with Crippen LogP contribution in [0.25, 0.3) is 0 Å². The van der Waals surface area contributed by atoms with Crippen molar-refractivity contribution in [1.82, 2.24) is 9.97 Å². The molecule has 6 nitrogen and oxygen atoms in total. The maximum absolute atomic E-state index is 12.3. The lowest BCUT2D eigenvalue weighted by atomic mass is 9.91. The zero-order valence-corrected chi connectivity index (χ0v) is 12.0. The van der Waals surface area contributed by atoms with Crippen molar-refractivity contribution in [3.63, 3.8) is 0 Å². The molecule has 0 saturated carbocycles. The van der Waals surface area contributed by atoms with Crippen molar-refractivity contribution < 1.29 is 9.90 Å². The minimum absolute atomic E-state index is 0.0109. The summed E-state index contributed by atoms with van der Waals surface area (Å²) in [5.41, 5.74) is -1.25. The highest BCUT2D eigenvalue weighted by Gasteiger charge is 2.21. The van der Waals surface area contributed by atoms with Gasteiger partial charge < -0.3 is 5.11 Å². The summed E-state index contributed by atoms with van der Waals surface area (Å²) < 4.78 is 0. The van der Waals surface area contributed by atoms with Crippen LogP contribution in [0.3, 0.4) is 0 Å². The summed E-state index contributed by atoms with van der Waals surface area (Å²) in [6.45, 7) is 1.84. The smallest absolute Gasteiger partial charge is 0.328 e. The average molecular weight is 300 g/mol. The van der Waals surface area contributed by atoms with Gasteiger partial charge in [0.05, 0.1) is 0 Å². The Morgan fingerprint density at radius 2 is 1.91 bits per heavy atom. The van der Waals surface area contributed by atoms with E-state index in [-0.39, 0.29) is 12.3 Å².